The highest BCUT2D eigenvalue weighted by Gasteiger charge is 2.05. The zero-order valence-electron chi connectivity index (χ0n) is 10.9. The number of sulfone groups is 1. The summed E-state index contributed by atoms with van der Waals surface area (Å²) in [7, 11) is -3.00. The minimum absolute atomic E-state index is 0.0262. The van der Waals surface area contributed by atoms with Crippen LogP contribution in [-0.4, -0.2) is 32.9 Å². The van der Waals surface area contributed by atoms with Gasteiger partial charge < -0.3 is 5.32 Å². The van der Waals surface area contributed by atoms with Crippen molar-refractivity contribution in [3.63, 3.8) is 0 Å². The van der Waals surface area contributed by atoms with Gasteiger partial charge in [0.25, 0.3) is 0 Å². The third kappa shape index (κ3) is 7.56. The summed E-state index contributed by atoms with van der Waals surface area (Å²) < 4.78 is 34.4. The summed E-state index contributed by atoms with van der Waals surface area (Å²) >= 11 is 0. The highest BCUT2D eigenvalue weighted by atomic mass is 32.2. The summed E-state index contributed by atoms with van der Waals surface area (Å²) in [6, 6.07) is 6.10. The first kappa shape index (κ1) is 15.6. The average Bonchev–Trinajstić information content (AvgIpc) is 2.30. The third-order valence-corrected chi connectivity index (χ3v) is 3.60. The van der Waals surface area contributed by atoms with E-state index in [1.54, 1.807) is 12.1 Å². The summed E-state index contributed by atoms with van der Waals surface area (Å²) in [5, 5.41) is 2.70. The molecular formula is C13H18FNO3S. The number of halogens is 1. The first-order chi connectivity index (χ1) is 8.87. The molecule has 6 heteroatoms. The Morgan fingerprint density at radius 3 is 2.47 bits per heavy atom. The van der Waals surface area contributed by atoms with Gasteiger partial charge in [-0.05, 0) is 30.5 Å². The van der Waals surface area contributed by atoms with Gasteiger partial charge >= 0.3 is 0 Å². The molecule has 0 unspecified atom stereocenters. The van der Waals surface area contributed by atoms with E-state index in [0.717, 1.165) is 11.8 Å². The molecular weight excluding hydrogens is 269 g/mol. The lowest BCUT2D eigenvalue weighted by atomic mass is 10.1. The Hall–Kier alpha value is -1.43. The molecule has 4 nitrogen and oxygen atoms in total. The molecule has 1 aromatic rings. The van der Waals surface area contributed by atoms with Crippen LogP contribution in [-0.2, 0) is 21.1 Å². The normalized spacial score (nSPS) is 11.3. The Kier molecular flexibility index (Phi) is 5.95. The van der Waals surface area contributed by atoms with Crippen molar-refractivity contribution in [2.45, 2.75) is 19.3 Å². The van der Waals surface area contributed by atoms with Gasteiger partial charge in [0.15, 0.2) is 0 Å². The number of carbonyl (C=O) groups excluding carboxylic acids is 1. The van der Waals surface area contributed by atoms with Crippen molar-refractivity contribution in [1.82, 2.24) is 5.32 Å². The van der Waals surface area contributed by atoms with Gasteiger partial charge in [-0.15, -0.1) is 0 Å². The van der Waals surface area contributed by atoms with E-state index >= 15 is 0 Å². The van der Waals surface area contributed by atoms with E-state index in [0.29, 0.717) is 19.4 Å². The van der Waals surface area contributed by atoms with Crippen molar-refractivity contribution < 1.29 is 17.6 Å². The van der Waals surface area contributed by atoms with Crippen LogP contribution in [0, 0.1) is 5.82 Å². The van der Waals surface area contributed by atoms with Gasteiger partial charge in [0.05, 0.1) is 5.75 Å². The second kappa shape index (κ2) is 7.23. The first-order valence-electron chi connectivity index (χ1n) is 6.06. The molecule has 0 saturated carbocycles. The lowest BCUT2D eigenvalue weighted by molar-refractivity contribution is -0.121. The maximum atomic E-state index is 12.7. The number of hydrogen-bond donors (Lipinski definition) is 1. The van der Waals surface area contributed by atoms with Gasteiger partial charge in [0, 0.05) is 19.2 Å². The van der Waals surface area contributed by atoms with E-state index < -0.39 is 9.84 Å². The Morgan fingerprint density at radius 2 is 1.89 bits per heavy atom. The summed E-state index contributed by atoms with van der Waals surface area (Å²) in [6.45, 7) is 0.462. The third-order valence-electron chi connectivity index (χ3n) is 2.57. The maximum Gasteiger partial charge on any atom is 0.220 e. The van der Waals surface area contributed by atoms with E-state index in [2.05, 4.69) is 5.32 Å². The number of benzene rings is 1. The minimum Gasteiger partial charge on any atom is -0.356 e. The summed E-state index contributed by atoms with van der Waals surface area (Å²) in [6.07, 6.45) is 2.31. The highest BCUT2D eigenvalue weighted by Crippen LogP contribution is 2.03. The van der Waals surface area contributed by atoms with Gasteiger partial charge in [-0.25, -0.2) is 12.8 Å². The topological polar surface area (TPSA) is 63.2 Å². The van der Waals surface area contributed by atoms with E-state index in [-0.39, 0.29) is 23.9 Å². The van der Waals surface area contributed by atoms with Gasteiger partial charge in [-0.3, -0.25) is 4.79 Å². The molecule has 0 heterocycles. The second-order valence-electron chi connectivity index (χ2n) is 4.46. The molecule has 0 aliphatic carbocycles. The highest BCUT2D eigenvalue weighted by molar-refractivity contribution is 7.90. The molecule has 1 N–H and O–H groups in total. The SMILES string of the molecule is CS(=O)(=O)CCCC(=O)NCCc1ccc(F)cc1. The van der Waals surface area contributed by atoms with Crippen molar-refractivity contribution in [3.05, 3.63) is 35.6 Å². The monoisotopic (exact) mass is 287 g/mol. The standard InChI is InChI=1S/C13H18FNO3S/c1-19(17,18)10-2-3-13(16)15-9-8-11-4-6-12(14)7-5-11/h4-7H,2-3,8-10H2,1H3,(H,15,16). The molecule has 1 amide bonds. The van der Waals surface area contributed by atoms with E-state index in [1.807, 2.05) is 0 Å². The molecule has 19 heavy (non-hydrogen) atoms. The second-order valence-corrected chi connectivity index (χ2v) is 6.72. The van der Waals surface area contributed by atoms with Gasteiger partial charge in [0.1, 0.15) is 15.7 Å². The molecule has 0 saturated heterocycles. The Balaban J connectivity index is 2.18. The van der Waals surface area contributed by atoms with Crippen LogP contribution in [0.25, 0.3) is 0 Å². The Bertz CT molecular complexity index is 511. The number of amides is 1. The maximum absolute atomic E-state index is 12.7. The lowest BCUT2D eigenvalue weighted by Crippen LogP contribution is -2.25. The van der Waals surface area contributed by atoms with Gasteiger partial charge in [-0.1, -0.05) is 12.1 Å². The van der Waals surface area contributed by atoms with E-state index in [1.165, 1.54) is 12.1 Å². The van der Waals surface area contributed by atoms with Crippen LogP contribution in [0.2, 0.25) is 0 Å². The minimum atomic E-state index is -3.00. The van der Waals surface area contributed by atoms with Crippen LogP contribution in [0.3, 0.4) is 0 Å². The predicted octanol–water partition coefficient (Wildman–Crippen LogP) is 1.31. The van der Waals surface area contributed by atoms with Gasteiger partial charge in [-0.2, -0.15) is 0 Å². The number of hydrogen-bond acceptors (Lipinski definition) is 3. The van der Waals surface area contributed by atoms with Crippen molar-refractivity contribution in [3.8, 4) is 0 Å². The molecule has 0 atom stereocenters. The lowest BCUT2D eigenvalue weighted by Gasteiger charge is -2.05. The van der Waals surface area contributed by atoms with Crippen molar-refractivity contribution >= 4 is 15.7 Å². The largest absolute Gasteiger partial charge is 0.356 e. The Morgan fingerprint density at radius 1 is 1.26 bits per heavy atom. The number of carbonyl (C=O) groups is 1. The summed E-state index contributed by atoms with van der Waals surface area (Å²) in [5.41, 5.74) is 0.942. The van der Waals surface area contributed by atoms with Crippen LogP contribution in [0.1, 0.15) is 18.4 Å². The molecule has 1 aromatic carbocycles. The first-order valence-corrected chi connectivity index (χ1v) is 8.12. The fourth-order valence-corrected chi connectivity index (χ4v) is 2.25. The fraction of sp³-hybridized carbons (Fsp3) is 0.462. The number of nitrogens with one attached hydrogen (secondary N) is 1. The molecule has 106 valence electrons. The molecule has 0 bridgehead atoms. The van der Waals surface area contributed by atoms with Crippen LogP contribution >= 0.6 is 0 Å². The Labute approximate surface area is 112 Å². The van der Waals surface area contributed by atoms with E-state index in [4.69, 9.17) is 0 Å². The molecule has 0 fully saturated rings. The molecule has 0 aliphatic heterocycles. The zero-order chi connectivity index (χ0) is 14.3. The van der Waals surface area contributed by atoms with Crippen LogP contribution in [0.5, 0.6) is 0 Å². The van der Waals surface area contributed by atoms with Gasteiger partial charge in [0.2, 0.25) is 5.91 Å². The average molecular weight is 287 g/mol. The zero-order valence-corrected chi connectivity index (χ0v) is 11.7. The molecule has 0 spiro atoms. The molecule has 1 rings (SSSR count). The molecule has 0 radical (unpaired) electrons. The summed E-state index contributed by atoms with van der Waals surface area (Å²) in [4.78, 5) is 11.4. The molecule has 0 aromatic heterocycles. The van der Waals surface area contributed by atoms with E-state index in [9.17, 15) is 17.6 Å². The smallest absolute Gasteiger partial charge is 0.220 e. The quantitative estimate of drug-likeness (QED) is 0.822. The van der Waals surface area contributed by atoms with Crippen LogP contribution in [0.4, 0.5) is 4.39 Å². The van der Waals surface area contributed by atoms with Crippen LogP contribution < -0.4 is 5.32 Å². The van der Waals surface area contributed by atoms with Crippen molar-refractivity contribution in [2.75, 3.05) is 18.6 Å². The fourth-order valence-electron chi connectivity index (χ4n) is 1.58. The van der Waals surface area contributed by atoms with Crippen molar-refractivity contribution in [1.29, 1.82) is 0 Å². The molecule has 0 aliphatic rings. The summed E-state index contributed by atoms with van der Waals surface area (Å²) in [5.74, 6) is -0.419. The number of rotatable bonds is 7. The van der Waals surface area contributed by atoms with Crippen LogP contribution in [0.15, 0.2) is 24.3 Å². The van der Waals surface area contributed by atoms with Crippen molar-refractivity contribution in [2.24, 2.45) is 0 Å². The predicted molar refractivity (Wildman–Crippen MR) is 72.1 cm³/mol.